The Morgan fingerprint density at radius 3 is 2.87 bits per heavy atom. The molecule has 2 aliphatic rings. The second-order valence-electron chi connectivity index (χ2n) is 6.36. The molecule has 0 bridgehead atoms. The SMILES string of the molecule is C[C@@H](Sc1ncnc2sc3c(c12)CCC3)C(=O)N1CCCCC1. The van der Waals surface area contributed by atoms with Crippen LogP contribution in [0.4, 0.5) is 0 Å². The highest BCUT2D eigenvalue weighted by atomic mass is 32.2. The quantitative estimate of drug-likeness (QED) is 0.628. The average molecular weight is 348 g/mol. The molecule has 1 fully saturated rings. The van der Waals surface area contributed by atoms with Crippen molar-refractivity contribution in [3.05, 3.63) is 16.8 Å². The van der Waals surface area contributed by atoms with Gasteiger partial charge in [0.2, 0.25) is 5.91 Å². The molecule has 23 heavy (non-hydrogen) atoms. The fraction of sp³-hybridized carbons (Fsp3) is 0.588. The van der Waals surface area contributed by atoms with Gasteiger partial charge in [-0.1, -0.05) is 11.8 Å². The molecular weight excluding hydrogens is 326 g/mol. The van der Waals surface area contributed by atoms with Crippen LogP contribution in [0, 0.1) is 0 Å². The maximum absolute atomic E-state index is 12.7. The first-order valence-electron chi connectivity index (χ1n) is 8.45. The Labute approximate surface area is 144 Å². The fourth-order valence-electron chi connectivity index (χ4n) is 3.58. The number of carbonyl (C=O) groups excluding carboxylic acids is 1. The minimum Gasteiger partial charge on any atom is -0.342 e. The first-order chi connectivity index (χ1) is 11.2. The predicted molar refractivity (Wildman–Crippen MR) is 95.2 cm³/mol. The lowest BCUT2D eigenvalue weighted by Gasteiger charge is -2.28. The Morgan fingerprint density at radius 2 is 2.04 bits per heavy atom. The van der Waals surface area contributed by atoms with Gasteiger partial charge >= 0.3 is 0 Å². The summed E-state index contributed by atoms with van der Waals surface area (Å²) in [5.74, 6) is 0.258. The highest BCUT2D eigenvalue weighted by Crippen LogP contribution is 2.41. The fourth-order valence-corrected chi connectivity index (χ4v) is 5.90. The molecule has 0 radical (unpaired) electrons. The third-order valence-corrected chi connectivity index (χ3v) is 7.06. The van der Waals surface area contributed by atoms with Crippen molar-refractivity contribution in [3.8, 4) is 0 Å². The van der Waals surface area contributed by atoms with E-state index in [1.807, 2.05) is 11.8 Å². The number of rotatable bonds is 3. The molecule has 2 aromatic rings. The van der Waals surface area contributed by atoms with Gasteiger partial charge in [0.15, 0.2) is 0 Å². The van der Waals surface area contributed by atoms with Gasteiger partial charge in [-0.05, 0) is 51.0 Å². The molecule has 0 aromatic carbocycles. The number of carbonyl (C=O) groups is 1. The monoisotopic (exact) mass is 347 g/mol. The van der Waals surface area contributed by atoms with E-state index in [0.29, 0.717) is 0 Å². The van der Waals surface area contributed by atoms with Gasteiger partial charge in [-0.25, -0.2) is 9.97 Å². The molecule has 122 valence electrons. The zero-order chi connectivity index (χ0) is 15.8. The summed E-state index contributed by atoms with van der Waals surface area (Å²) in [6, 6.07) is 0. The number of hydrogen-bond acceptors (Lipinski definition) is 5. The number of thiophene rings is 1. The number of amides is 1. The van der Waals surface area contributed by atoms with Crippen LogP contribution in [-0.4, -0.2) is 39.1 Å². The van der Waals surface area contributed by atoms with Crippen LogP contribution in [0.3, 0.4) is 0 Å². The van der Waals surface area contributed by atoms with Crippen molar-refractivity contribution < 1.29 is 4.79 Å². The molecular formula is C17H21N3OS2. The van der Waals surface area contributed by atoms with Crippen LogP contribution in [0.2, 0.25) is 0 Å². The van der Waals surface area contributed by atoms with Crippen molar-refractivity contribution in [2.75, 3.05) is 13.1 Å². The molecule has 1 atom stereocenters. The molecule has 6 heteroatoms. The van der Waals surface area contributed by atoms with Crippen molar-refractivity contribution in [2.45, 2.75) is 55.7 Å². The van der Waals surface area contributed by atoms with Gasteiger partial charge in [0.05, 0.1) is 5.25 Å². The average Bonchev–Trinajstić information content (AvgIpc) is 3.16. The third kappa shape index (κ3) is 2.87. The van der Waals surface area contributed by atoms with Crippen molar-refractivity contribution in [2.24, 2.45) is 0 Å². The van der Waals surface area contributed by atoms with Gasteiger partial charge in [0.1, 0.15) is 16.2 Å². The number of piperidine rings is 1. The molecule has 4 nitrogen and oxygen atoms in total. The van der Waals surface area contributed by atoms with Crippen LogP contribution >= 0.6 is 23.1 Å². The summed E-state index contributed by atoms with van der Waals surface area (Å²) in [7, 11) is 0. The molecule has 2 aromatic heterocycles. The Hall–Kier alpha value is -1.14. The molecule has 0 spiro atoms. The zero-order valence-electron chi connectivity index (χ0n) is 13.4. The number of aromatic nitrogens is 2. The van der Waals surface area contributed by atoms with Gasteiger partial charge in [0.25, 0.3) is 0 Å². The van der Waals surface area contributed by atoms with Gasteiger partial charge in [0, 0.05) is 23.4 Å². The zero-order valence-corrected chi connectivity index (χ0v) is 15.0. The third-order valence-electron chi connectivity index (χ3n) is 4.77. The van der Waals surface area contributed by atoms with Crippen molar-refractivity contribution in [1.29, 1.82) is 0 Å². The molecule has 4 rings (SSSR count). The lowest BCUT2D eigenvalue weighted by atomic mass is 10.1. The van der Waals surface area contributed by atoms with E-state index in [2.05, 4.69) is 9.97 Å². The van der Waals surface area contributed by atoms with E-state index in [1.54, 1.807) is 29.4 Å². The van der Waals surface area contributed by atoms with Crippen molar-refractivity contribution in [3.63, 3.8) is 0 Å². The number of thioether (sulfide) groups is 1. The van der Waals surface area contributed by atoms with E-state index in [-0.39, 0.29) is 11.2 Å². The number of aryl methyl sites for hydroxylation is 2. The first kappa shape index (κ1) is 15.4. The van der Waals surface area contributed by atoms with Gasteiger partial charge in [-0.3, -0.25) is 4.79 Å². The summed E-state index contributed by atoms with van der Waals surface area (Å²) < 4.78 is 0. The normalized spacial score (nSPS) is 19.1. The summed E-state index contributed by atoms with van der Waals surface area (Å²) >= 11 is 3.41. The second kappa shape index (κ2) is 6.40. The first-order valence-corrected chi connectivity index (χ1v) is 10.1. The van der Waals surface area contributed by atoms with E-state index in [4.69, 9.17) is 0 Å². The maximum atomic E-state index is 12.7. The Balaban J connectivity index is 1.58. The molecule has 0 unspecified atom stereocenters. The molecule has 3 heterocycles. The number of hydrogen-bond donors (Lipinski definition) is 0. The van der Waals surface area contributed by atoms with Gasteiger partial charge < -0.3 is 4.90 Å². The standard InChI is InChI=1S/C17H21N3OS2/c1-11(17(21)20-8-3-2-4-9-20)22-15-14-12-6-5-7-13(12)23-16(14)19-10-18-15/h10-11H,2-9H2,1H3/t11-/m1/s1. The van der Waals surface area contributed by atoms with Crippen LogP contribution in [0.1, 0.15) is 43.0 Å². The van der Waals surface area contributed by atoms with Crippen molar-refractivity contribution in [1.82, 2.24) is 14.9 Å². The largest absolute Gasteiger partial charge is 0.342 e. The highest BCUT2D eigenvalue weighted by molar-refractivity contribution is 8.00. The van der Waals surface area contributed by atoms with Crippen LogP contribution in [0.15, 0.2) is 11.4 Å². The minimum atomic E-state index is -0.0804. The molecule has 1 saturated heterocycles. The lowest BCUT2D eigenvalue weighted by molar-refractivity contribution is -0.131. The van der Waals surface area contributed by atoms with E-state index >= 15 is 0 Å². The van der Waals surface area contributed by atoms with E-state index < -0.39 is 0 Å². The summed E-state index contributed by atoms with van der Waals surface area (Å²) in [6.45, 7) is 3.84. The molecule has 0 saturated carbocycles. The number of nitrogens with zero attached hydrogens (tertiary/aromatic N) is 3. The Bertz CT molecular complexity index is 737. The van der Waals surface area contributed by atoms with Crippen molar-refractivity contribution >= 4 is 39.2 Å². The molecule has 1 aliphatic heterocycles. The summed E-state index contributed by atoms with van der Waals surface area (Å²) in [4.78, 5) is 26.2. The van der Waals surface area contributed by atoms with E-state index in [9.17, 15) is 4.79 Å². The van der Waals surface area contributed by atoms with Gasteiger partial charge in [-0.15, -0.1) is 11.3 Å². The summed E-state index contributed by atoms with van der Waals surface area (Å²) in [5.41, 5.74) is 1.44. The van der Waals surface area contributed by atoms with E-state index in [1.165, 1.54) is 35.1 Å². The number of likely N-dealkylation sites (tertiary alicyclic amines) is 1. The molecule has 1 amide bonds. The molecule has 0 N–H and O–H groups in total. The van der Waals surface area contributed by atoms with Crippen LogP contribution in [-0.2, 0) is 17.6 Å². The topological polar surface area (TPSA) is 46.1 Å². The van der Waals surface area contributed by atoms with Crippen LogP contribution in [0.25, 0.3) is 10.2 Å². The summed E-state index contributed by atoms with van der Waals surface area (Å²) in [6.07, 6.45) is 8.71. The predicted octanol–water partition coefficient (Wildman–Crippen LogP) is 3.67. The second-order valence-corrected chi connectivity index (χ2v) is 8.78. The smallest absolute Gasteiger partial charge is 0.235 e. The van der Waals surface area contributed by atoms with Crippen LogP contribution in [0.5, 0.6) is 0 Å². The molecule has 1 aliphatic carbocycles. The van der Waals surface area contributed by atoms with Gasteiger partial charge in [-0.2, -0.15) is 0 Å². The maximum Gasteiger partial charge on any atom is 0.235 e. The lowest BCUT2D eigenvalue weighted by Crippen LogP contribution is -2.40. The summed E-state index contributed by atoms with van der Waals surface area (Å²) in [5, 5.41) is 2.13. The van der Waals surface area contributed by atoms with E-state index in [0.717, 1.165) is 42.2 Å². The Kier molecular flexibility index (Phi) is 4.28. The highest BCUT2D eigenvalue weighted by Gasteiger charge is 2.26. The Morgan fingerprint density at radius 1 is 1.22 bits per heavy atom. The van der Waals surface area contributed by atoms with Crippen LogP contribution < -0.4 is 0 Å². The minimum absolute atomic E-state index is 0.0804. The number of fused-ring (bicyclic) bond motifs is 3.